The van der Waals surface area contributed by atoms with E-state index in [2.05, 4.69) is 0 Å². The molecule has 1 saturated carbocycles. The first-order valence-electron chi connectivity index (χ1n) is 6.83. The van der Waals surface area contributed by atoms with Crippen molar-refractivity contribution in [2.45, 2.75) is 38.2 Å². The minimum atomic E-state index is 0.00870. The van der Waals surface area contributed by atoms with Crippen LogP contribution in [0, 0.1) is 0 Å². The van der Waals surface area contributed by atoms with Crippen LogP contribution in [0.15, 0.2) is 18.2 Å². The lowest BCUT2D eigenvalue weighted by Crippen LogP contribution is -2.16. The Kier molecular flexibility index (Phi) is 4.80. The Balaban J connectivity index is 2.27. The van der Waals surface area contributed by atoms with Crippen molar-refractivity contribution >= 4 is 5.78 Å². The highest BCUT2D eigenvalue weighted by Crippen LogP contribution is 2.35. The molecule has 1 aromatic rings. The molecule has 4 heteroatoms. The highest BCUT2D eigenvalue weighted by molar-refractivity contribution is 5.99. The number of Topliss-reactive ketones (excluding diaryl/α,β-unsaturated/α-hetero) is 1. The van der Waals surface area contributed by atoms with Gasteiger partial charge in [0.2, 0.25) is 0 Å². The third-order valence-corrected chi connectivity index (χ3v) is 3.46. The zero-order chi connectivity index (χ0) is 13.7. The molecule has 0 atom stereocenters. The van der Waals surface area contributed by atoms with Crippen LogP contribution in [0.25, 0.3) is 0 Å². The number of methoxy groups -OCH3 is 1. The van der Waals surface area contributed by atoms with Crippen LogP contribution in [0.4, 0.5) is 0 Å². The van der Waals surface area contributed by atoms with Gasteiger partial charge >= 0.3 is 0 Å². The average molecular weight is 263 g/mol. The van der Waals surface area contributed by atoms with E-state index >= 15 is 0 Å². The fraction of sp³-hybridized carbons (Fsp3) is 0.533. The molecule has 0 saturated heterocycles. The van der Waals surface area contributed by atoms with Crippen LogP contribution in [-0.4, -0.2) is 25.5 Å². The zero-order valence-electron chi connectivity index (χ0n) is 11.4. The molecule has 104 valence electrons. The van der Waals surface area contributed by atoms with E-state index in [1.807, 2.05) is 12.1 Å². The SMILES string of the molecule is COc1cccc(C(=O)CCN)c1OC1CCCC1. The van der Waals surface area contributed by atoms with Crippen molar-refractivity contribution in [3.8, 4) is 11.5 Å². The Morgan fingerprint density at radius 1 is 1.37 bits per heavy atom. The van der Waals surface area contributed by atoms with Gasteiger partial charge in [-0.3, -0.25) is 4.79 Å². The highest BCUT2D eigenvalue weighted by Gasteiger charge is 2.22. The van der Waals surface area contributed by atoms with Crippen LogP contribution in [0.3, 0.4) is 0 Å². The molecule has 2 N–H and O–H groups in total. The van der Waals surface area contributed by atoms with Gasteiger partial charge in [-0.1, -0.05) is 6.07 Å². The van der Waals surface area contributed by atoms with Gasteiger partial charge in [0.1, 0.15) is 0 Å². The van der Waals surface area contributed by atoms with Crippen LogP contribution in [0.5, 0.6) is 11.5 Å². The van der Waals surface area contributed by atoms with Gasteiger partial charge in [-0.05, 0) is 44.4 Å². The van der Waals surface area contributed by atoms with E-state index in [1.165, 1.54) is 12.8 Å². The van der Waals surface area contributed by atoms with Gasteiger partial charge in [0.25, 0.3) is 0 Å². The third-order valence-electron chi connectivity index (χ3n) is 3.46. The summed E-state index contributed by atoms with van der Waals surface area (Å²) >= 11 is 0. The van der Waals surface area contributed by atoms with Gasteiger partial charge in [-0.2, -0.15) is 0 Å². The van der Waals surface area contributed by atoms with Crippen LogP contribution in [-0.2, 0) is 0 Å². The fourth-order valence-corrected chi connectivity index (χ4v) is 2.46. The van der Waals surface area contributed by atoms with E-state index in [0.717, 1.165) is 12.8 Å². The largest absolute Gasteiger partial charge is 0.493 e. The molecule has 1 fully saturated rings. The van der Waals surface area contributed by atoms with Crippen molar-refractivity contribution in [2.24, 2.45) is 5.73 Å². The standard InChI is InChI=1S/C15H21NO3/c1-18-14-8-4-7-12(13(17)9-10-16)15(14)19-11-5-2-3-6-11/h4,7-8,11H,2-3,5-6,9-10,16H2,1H3. The summed E-state index contributed by atoms with van der Waals surface area (Å²) in [6.07, 6.45) is 4.98. The molecule has 0 unspecified atom stereocenters. The quantitative estimate of drug-likeness (QED) is 0.801. The molecule has 1 aliphatic carbocycles. The Hall–Kier alpha value is -1.55. The lowest BCUT2D eigenvalue weighted by Gasteiger charge is -2.18. The van der Waals surface area contributed by atoms with Gasteiger partial charge in [-0.25, -0.2) is 0 Å². The summed E-state index contributed by atoms with van der Waals surface area (Å²) in [6.45, 7) is 0.346. The molecule has 0 heterocycles. The molecule has 1 aliphatic rings. The second-order valence-electron chi connectivity index (χ2n) is 4.82. The van der Waals surface area contributed by atoms with Crippen LogP contribution in [0.2, 0.25) is 0 Å². The second-order valence-corrected chi connectivity index (χ2v) is 4.82. The van der Waals surface area contributed by atoms with E-state index < -0.39 is 0 Å². The van der Waals surface area contributed by atoms with Crippen molar-refractivity contribution in [2.75, 3.05) is 13.7 Å². The molecule has 4 nitrogen and oxygen atoms in total. The number of para-hydroxylation sites is 1. The summed E-state index contributed by atoms with van der Waals surface area (Å²) in [4.78, 5) is 12.1. The Labute approximate surface area is 113 Å². The first-order chi connectivity index (χ1) is 9.26. The molecule has 2 rings (SSSR count). The van der Waals surface area contributed by atoms with Crippen molar-refractivity contribution in [1.29, 1.82) is 0 Å². The van der Waals surface area contributed by atoms with Gasteiger partial charge in [0.05, 0.1) is 18.8 Å². The monoisotopic (exact) mass is 263 g/mol. The number of carbonyl (C=O) groups excluding carboxylic acids is 1. The number of ether oxygens (including phenoxy) is 2. The van der Waals surface area contributed by atoms with Crippen molar-refractivity contribution in [3.05, 3.63) is 23.8 Å². The number of hydrogen-bond donors (Lipinski definition) is 1. The molecule has 0 amide bonds. The van der Waals surface area contributed by atoms with Gasteiger partial charge < -0.3 is 15.2 Å². The average Bonchev–Trinajstić information content (AvgIpc) is 2.92. The number of hydrogen-bond acceptors (Lipinski definition) is 4. The van der Waals surface area contributed by atoms with Crippen molar-refractivity contribution < 1.29 is 14.3 Å². The summed E-state index contributed by atoms with van der Waals surface area (Å²) in [5, 5.41) is 0. The number of benzene rings is 1. The van der Waals surface area contributed by atoms with E-state index in [1.54, 1.807) is 13.2 Å². The van der Waals surface area contributed by atoms with E-state index in [4.69, 9.17) is 15.2 Å². The summed E-state index contributed by atoms with van der Waals surface area (Å²) in [5.74, 6) is 1.21. The highest BCUT2D eigenvalue weighted by atomic mass is 16.5. The molecule has 0 spiro atoms. The fourth-order valence-electron chi connectivity index (χ4n) is 2.46. The second kappa shape index (κ2) is 6.57. The molecule has 0 aliphatic heterocycles. The predicted molar refractivity (Wildman–Crippen MR) is 73.9 cm³/mol. The maximum Gasteiger partial charge on any atom is 0.172 e. The molecule has 1 aromatic carbocycles. The van der Waals surface area contributed by atoms with Gasteiger partial charge in [-0.15, -0.1) is 0 Å². The third kappa shape index (κ3) is 3.26. The summed E-state index contributed by atoms with van der Waals surface area (Å²) < 4.78 is 11.3. The number of rotatable bonds is 6. The van der Waals surface area contributed by atoms with E-state index in [0.29, 0.717) is 30.0 Å². The first-order valence-corrected chi connectivity index (χ1v) is 6.83. The Bertz CT molecular complexity index is 439. The van der Waals surface area contributed by atoms with Crippen molar-refractivity contribution in [3.63, 3.8) is 0 Å². The van der Waals surface area contributed by atoms with Gasteiger partial charge in [0.15, 0.2) is 17.3 Å². The van der Waals surface area contributed by atoms with Crippen molar-refractivity contribution in [1.82, 2.24) is 0 Å². The maximum absolute atomic E-state index is 12.1. The summed E-state index contributed by atoms with van der Waals surface area (Å²) in [7, 11) is 1.59. The minimum absolute atomic E-state index is 0.00870. The van der Waals surface area contributed by atoms with Crippen LogP contribution >= 0.6 is 0 Å². The molecule has 19 heavy (non-hydrogen) atoms. The number of ketones is 1. The molecule has 0 bridgehead atoms. The maximum atomic E-state index is 12.1. The van der Waals surface area contributed by atoms with E-state index in [-0.39, 0.29) is 11.9 Å². The Morgan fingerprint density at radius 2 is 2.11 bits per heavy atom. The molecule has 0 radical (unpaired) electrons. The van der Waals surface area contributed by atoms with Crippen LogP contribution < -0.4 is 15.2 Å². The summed E-state index contributed by atoms with van der Waals surface area (Å²) in [5.41, 5.74) is 6.04. The number of nitrogens with two attached hydrogens (primary N) is 1. The summed E-state index contributed by atoms with van der Waals surface area (Å²) in [6, 6.07) is 5.42. The van der Waals surface area contributed by atoms with Gasteiger partial charge in [0, 0.05) is 6.42 Å². The molecule has 0 aromatic heterocycles. The smallest absolute Gasteiger partial charge is 0.172 e. The Morgan fingerprint density at radius 3 is 2.74 bits per heavy atom. The first kappa shape index (κ1) is 13.9. The lowest BCUT2D eigenvalue weighted by atomic mass is 10.1. The minimum Gasteiger partial charge on any atom is -0.493 e. The predicted octanol–water partition coefficient (Wildman–Crippen LogP) is 2.55. The molecular formula is C15H21NO3. The van der Waals surface area contributed by atoms with Crippen LogP contribution in [0.1, 0.15) is 42.5 Å². The number of carbonyl (C=O) groups is 1. The normalized spacial score (nSPS) is 15.5. The van der Waals surface area contributed by atoms with E-state index in [9.17, 15) is 4.79 Å². The topological polar surface area (TPSA) is 61.5 Å². The lowest BCUT2D eigenvalue weighted by molar-refractivity contribution is 0.0977. The molecular weight excluding hydrogens is 242 g/mol. The zero-order valence-corrected chi connectivity index (χ0v) is 11.4.